The first kappa shape index (κ1) is 12.6. The van der Waals surface area contributed by atoms with Gasteiger partial charge in [0, 0.05) is 11.8 Å². The molecule has 5 heteroatoms. The molecule has 1 aromatic carbocycles. The van der Waals surface area contributed by atoms with Gasteiger partial charge in [0.15, 0.2) is 0 Å². The van der Waals surface area contributed by atoms with Crippen molar-refractivity contribution >= 4 is 17.2 Å². The highest BCUT2D eigenvalue weighted by Crippen LogP contribution is 2.28. The number of hydrogen-bond acceptors (Lipinski definition) is 3. The maximum Gasteiger partial charge on any atom is 0.262 e. The van der Waals surface area contributed by atoms with Gasteiger partial charge in [0.1, 0.15) is 0 Å². The molecule has 0 unspecified atom stereocenters. The van der Waals surface area contributed by atoms with E-state index in [4.69, 9.17) is 0 Å². The van der Waals surface area contributed by atoms with Crippen molar-refractivity contribution in [1.29, 1.82) is 0 Å². The Morgan fingerprint density at radius 2 is 2.10 bits per heavy atom. The van der Waals surface area contributed by atoms with Crippen LogP contribution in [0.4, 0.5) is 0 Å². The fraction of sp³-hybridized carbons (Fsp3) is 0.0667. The van der Waals surface area contributed by atoms with E-state index in [0.717, 1.165) is 21.7 Å². The Morgan fingerprint density at radius 1 is 1.25 bits per heavy atom. The molecule has 0 atom stereocenters. The highest BCUT2D eigenvalue weighted by atomic mass is 32.1. The van der Waals surface area contributed by atoms with E-state index in [1.807, 2.05) is 41.8 Å². The smallest absolute Gasteiger partial charge is 0.262 e. The molecular weight excluding hydrogens is 270 g/mol. The number of nitrogens with zero attached hydrogens (tertiary/aromatic N) is 1. The molecule has 100 valence electrons. The fourth-order valence-corrected chi connectivity index (χ4v) is 2.80. The number of benzene rings is 1. The molecule has 1 amide bonds. The average molecular weight is 283 g/mol. The maximum atomic E-state index is 12.3. The minimum absolute atomic E-state index is 0.0616. The molecule has 0 fully saturated rings. The lowest BCUT2D eigenvalue weighted by Crippen LogP contribution is -2.22. The van der Waals surface area contributed by atoms with Crippen LogP contribution in [0, 0.1) is 0 Å². The zero-order valence-electron chi connectivity index (χ0n) is 10.7. The van der Waals surface area contributed by atoms with Gasteiger partial charge in [-0.1, -0.05) is 30.3 Å². The highest BCUT2D eigenvalue weighted by Gasteiger charge is 2.14. The van der Waals surface area contributed by atoms with Gasteiger partial charge < -0.3 is 10.3 Å². The standard InChI is InChI=1S/C15H13N3OS/c19-15(17-9-12-8-16-10-18-12)14-13(6-7-20-14)11-4-2-1-3-5-11/h1-8,10H,9H2,(H,16,18)(H,17,19). The summed E-state index contributed by atoms with van der Waals surface area (Å²) in [6, 6.07) is 11.9. The summed E-state index contributed by atoms with van der Waals surface area (Å²) in [5, 5.41) is 4.84. The lowest BCUT2D eigenvalue weighted by atomic mass is 10.1. The zero-order valence-corrected chi connectivity index (χ0v) is 11.5. The van der Waals surface area contributed by atoms with Crippen molar-refractivity contribution in [3.8, 4) is 11.1 Å². The van der Waals surface area contributed by atoms with E-state index in [9.17, 15) is 4.79 Å². The number of nitrogens with one attached hydrogen (secondary N) is 2. The highest BCUT2D eigenvalue weighted by molar-refractivity contribution is 7.12. The van der Waals surface area contributed by atoms with Gasteiger partial charge in [-0.2, -0.15) is 0 Å². The first-order chi connectivity index (χ1) is 9.84. The van der Waals surface area contributed by atoms with Crippen LogP contribution in [0.1, 0.15) is 15.4 Å². The number of H-pyrrole nitrogens is 1. The number of carbonyl (C=O) groups excluding carboxylic acids is 1. The summed E-state index contributed by atoms with van der Waals surface area (Å²) >= 11 is 1.45. The number of rotatable bonds is 4. The van der Waals surface area contributed by atoms with Gasteiger partial charge in [-0.25, -0.2) is 4.98 Å². The van der Waals surface area contributed by atoms with E-state index in [2.05, 4.69) is 15.3 Å². The monoisotopic (exact) mass is 283 g/mol. The van der Waals surface area contributed by atoms with Gasteiger partial charge in [-0.05, 0) is 17.0 Å². The van der Waals surface area contributed by atoms with Crippen LogP contribution in [0.5, 0.6) is 0 Å². The summed E-state index contributed by atoms with van der Waals surface area (Å²) in [7, 11) is 0. The van der Waals surface area contributed by atoms with E-state index in [1.54, 1.807) is 12.5 Å². The molecule has 0 saturated carbocycles. The maximum absolute atomic E-state index is 12.3. The van der Waals surface area contributed by atoms with E-state index < -0.39 is 0 Å². The van der Waals surface area contributed by atoms with Crippen molar-refractivity contribution in [1.82, 2.24) is 15.3 Å². The SMILES string of the molecule is O=C(NCc1cnc[nH]1)c1sccc1-c1ccccc1. The number of imidazole rings is 1. The lowest BCUT2D eigenvalue weighted by molar-refractivity contribution is 0.0955. The van der Waals surface area contributed by atoms with Crippen LogP contribution in [-0.2, 0) is 6.54 Å². The summed E-state index contributed by atoms with van der Waals surface area (Å²) in [5.74, 6) is -0.0616. The second-order valence-electron chi connectivity index (χ2n) is 4.29. The van der Waals surface area contributed by atoms with Crippen LogP contribution < -0.4 is 5.32 Å². The molecule has 0 bridgehead atoms. The number of aromatic amines is 1. The molecule has 0 spiro atoms. The third-order valence-corrected chi connectivity index (χ3v) is 3.86. The molecule has 2 heterocycles. The number of thiophene rings is 1. The quantitative estimate of drug-likeness (QED) is 0.773. The lowest BCUT2D eigenvalue weighted by Gasteiger charge is -2.05. The van der Waals surface area contributed by atoms with E-state index in [-0.39, 0.29) is 5.91 Å². The van der Waals surface area contributed by atoms with Gasteiger partial charge in [-0.3, -0.25) is 4.79 Å². The summed E-state index contributed by atoms with van der Waals surface area (Å²) in [6.07, 6.45) is 3.30. The molecule has 0 radical (unpaired) electrons. The molecule has 0 aliphatic carbocycles. The molecular formula is C15H13N3OS. The minimum Gasteiger partial charge on any atom is -0.347 e. The van der Waals surface area contributed by atoms with E-state index in [1.165, 1.54) is 11.3 Å². The van der Waals surface area contributed by atoms with Crippen LogP contribution in [0.15, 0.2) is 54.3 Å². The Bertz CT molecular complexity index is 689. The Morgan fingerprint density at radius 3 is 2.85 bits per heavy atom. The largest absolute Gasteiger partial charge is 0.347 e. The molecule has 3 rings (SSSR count). The number of amides is 1. The molecule has 3 aromatic rings. The number of hydrogen-bond donors (Lipinski definition) is 2. The average Bonchev–Trinajstić information content (AvgIpc) is 3.17. The van der Waals surface area contributed by atoms with Crippen LogP contribution in [-0.4, -0.2) is 15.9 Å². The van der Waals surface area contributed by atoms with Gasteiger partial charge in [0.2, 0.25) is 0 Å². The first-order valence-electron chi connectivity index (χ1n) is 6.23. The third-order valence-electron chi connectivity index (χ3n) is 2.95. The Kier molecular flexibility index (Phi) is 3.60. The predicted molar refractivity (Wildman–Crippen MR) is 79.5 cm³/mol. The van der Waals surface area contributed by atoms with Crippen molar-refractivity contribution in [3.63, 3.8) is 0 Å². The van der Waals surface area contributed by atoms with Crippen LogP contribution in [0.25, 0.3) is 11.1 Å². The van der Waals surface area contributed by atoms with Gasteiger partial charge in [-0.15, -0.1) is 11.3 Å². The van der Waals surface area contributed by atoms with Crippen LogP contribution in [0.3, 0.4) is 0 Å². The van der Waals surface area contributed by atoms with Crippen molar-refractivity contribution < 1.29 is 4.79 Å². The summed E-state index contributed by atoms with van der Waals surface area (Å²) in [6.45, 7) is 0.449. The zero-order chi connectivity index (χ0) is 13.8. The summed E-state index contributed by atoms with van der Waals surface area (Å²) < 4.78 is 0. The molecule has 0 aliphatic rings. The van der Waals surface area contributed by atoms with Crippen molar-refractivity contribution in [3.05, 3.63) is 64.9 Å². The van der Waals surface area contributed by atoms with Gasteiger partial charge in [0.05, 0.1) is 23.4 Å². The minimum atomic E-state index is -0.0616. The molecule has 0 saturated heterocycles. The topological polar surface area (TPSA) is 57.8 Å². The number of carbonyl (C=O) groups is 1. The van der Waals surface area contributed by atoms with Crippen molar-refractivity contribution in [2.24, 2.45) is 0 Å². The molecule has 0 aliphatic heterocycles. The van der Waals surface area contributed by atoms with Gasteiger partial charge in [0.25, 0.3) is 5.91 Å². The first-order valence-corrected chi connectivity index (χ1v) is 7.11. The normalized spacial score (nSPS) is 10.4. The number of aromatic nitrogens is 2. The van der Waals surface area contributed by atoms with Crippen LogP contribution in [0.2, 0.25) is 0 Å². The third kappa shape index (κ3) is 2.62. The van der Waals surface area contributed by atoms with Crippen molar-refractivity contribution in [2.45, 2.75) is 6.54 Å². The van der Waals surface area contributed by atoms with Crippen LogP contribution >= 0.6 is 11.3 Å². The van der Waals surface area contributed by atoms with Crippen molar-refractivity contribution in [2.75, 3.05) is 0 Å². The molecule has 2 N–H and O–H groups in total. The van der Waals surface area contributed by atoms with E-state index in [0.29, 0.717) is 6.54 Å². The van der Waals surface area contributed by atoms with E-state index >= 15 is 0 Å². The Labute approximate surface area is 120 Å². The van der Waals surface area contributed by atoms with Gasteiger partial charge >= 0.3 is 0 Å². The molecule has 2 aromatic heterocycles. The molecule has 20 heavy (non-hydrogen) atoms. The second kappa shape index (κ2) is 5.71. The molecule has 4 nitrogen and oxygen atoms in total. The Balaban J connectivity index is 1.77. The second-order valence-corrected chi connectivity index (χ2v) is 5.21. The predicted octanol–water partition coefficient (Wildman–Crippen LogP) is 3.07. The summed E-state index contributed by atoms with van der Waals surface area (Å²) in [5.41, 5.74) is 2.91. The fourth-order valence-electron chi connectivity index (χ4n) is 1.97. The Hall–Kier alpha value is -2.40. The summed E-state index contributed by atoms with van der Waals surface area (Å²) in [4.78, 5) is 19.9.